The molecule has 14 heavy (non-hydrogen) atoms. The van der Waals surface area contributed by atoms with Gasteiger partial charge in [0.2, 0.25) is 0 Å². The van der Waals surface area contributed by atoms with Gasteiger partial charge in [-0.3, -0.25) is 0 Å². The third kappa shape index (κ3) is 1.31. The molecule has 2 saturated heterocycles. The quantitative estimate of drug-likeness (QED) is 0.694. The minimum absolute atomic E-state index is 0.000278. The van der Waals surface area contributed by atoms with E-state index < -0.39 is 0 Å². The molecule has 2 fully saturated rings. The molecule has 3 atom stereocenters. The molecule has 0 amide bonds. The van der Waals surface area contributed by atoms with Crippen molar-refractivity contribution in [1.29, 1.82) is 0 Å². The first-order valence-corrected chi connectivity index (χ1v) is 5.84. The Morgan fingerprint density at radius 3 is 2.64 bits per heavy atom. The lowest BCUT2D eigenvalue weighted by atomic mass is 9.75. The van der Waals surface area contributed by atoms with Gasteiger partial charge in [-0.15, -0.1) is 0 Å². The number of hydrogen-bond acceptors (Lipinski definition) is 2. The van der Waals surface area contributed by atoms with Crippen molar-refractivity contribution in [2.75, 3.05) is 6.61 Å². The van der Waals surface area contributed by atoms with Crippen molar-refractivity contribution in [1.82, 2.24) is 0 Å². The van der Waals surface area contributed by atoms with Gasteiger partial charge in [0.1, 0.15) is 0 Å². The van der Waals surface area contributed by atoms with Crippen LogP contribution in [0.5, 0.6) is 0 Å². The van der Waals surface area contributed by atoms with E-state index >= 15 is 0 Å². The van der Waals surface area contributed by atoms with Crippen molar-refractivity contribution in [3.8, 4) is 0 Å². The third-order valence-electron chi connectivity index (χ3n) is 4.11. The molecule has 2 aliphatic heterocycles. The third-order valence-corrected chi connectivity index (χ3v) is 4.11. The molecule has 0 aliphatic carbocycles. The summed E-state index contributed by atoms with van der Waals surface area (Å²) in [6.07, 6.45) is 3.79. The minimum Gasteiger partial charge on any atom is -0.375 e. The van der Waals surface area contributed by atoms with Gasteiger partial charge < -0.3 is 9.47 Å². The van der Waals surface area contributed by atoms with Crippen LogP contribution in [0.15, 0.2) is 0 Å². The second kappa shape index (κ2) is 3.21. The summed E-state index contributed by atoms with van der Waals surface area (Å²) >= 11 is 0. The highest BCUT2D eigenvalue weighted by atomic mass is 16.6. The van der Waals surface area contributed by atoms with Crippen molar-refractivity contribution >= 4 is 0 Å². The van der Waals surface area contributed by atoms with E-state index in [1.165, 1.54) is 6.42 Å². The zero-order valence-corrected chi connectivity index (χ0v) is 9.80. The Balaban J connectivity index is 2.15. The molecular weight excluding hydrogens is 176 g/mol. The van der Waals surface area contributed by atoms with Crippen molar-refractivity contribution < 1.29 is 9.47 Å². The molecule has 0 saturated carbocycles. The van der Waals surface area contributed by atoms with Crippen molar-refractivity contribution in [3.05, 3.63) is 0 Å². The van der Waals surface area contributed by atoms with Crippen LogP contribution in [0.2, 0.25) is 0 Å². The molecule has 2 rings (SSSR count). The smallest absolute Gasteiger partial charge is 0.0924 e. The van der Waals surface area contributed by atoms with Crippen LogP contribution in [0.1, 0.15) is 47.0 Å². The lowest BCUT2D eigenvalue weighted by Crippen LogP contribution is -2.38. The van der Waals surface area contributed by atoms with Crippen LogP contribution in [-0.2, 0) is 9.47 Å². The van der Waals surface area contributed by atoms with E-state index in [1.54, 1.807) is 0 Å². The Morgan fingerprint density at radius 2 is 2.14 bits per heavy atom. The molecule has 0 aromatic heterocycles. The van der Waals surface area contributed by atoms with Crippen LogP contribution in [0.3, 0.4) is 0 Å². The maximum atomic E-state index is 6.25. The van der Waals surface area contributed by atoms with Gasteiger partial charge in [0, 0.05) is 13.0 Å². The van der Waals surface area contributed by atoms with Crippen LogP contribution in [0.25, 0.3) is 0 Å². The zero-order valence-electron chi connectivity index (χ0n) is 9.80. The molecule has 0 aromatic rings. The molecular formula is C12H22O2. The molecule has 2 heteroatoms. The van der Waals surface area contributed by atoms with Crippen LogP contribution < -0.4 is 0 Å². The topological polar surface area (TPSA) is 18.5 Å². The number of fused-ring (bicyclic) bond motifs is 2. The molecule has 0 radical (unpaired) electrons. The fraction of sp³-hybridized carbons (Fsp3) is 1.00. The summed E-state index contributed by atoms with van der Waals surface area (Å²) in [7, 11) is 0. The van der Waals surface area contributed by atoms with Gasteiger partial charge in [0.25, 0.3) is 0 Å². The summed E-state index contributed by atoms with van der Waals surface area (Å²) in [6, 6.07) is 0. The number of rotatable bonds is 3. The molecule has 3 unspecified atom stereocenters. The summed E-state index contributed by atoms with van der Waals surface area (Å²) < 4.78 is 12.0. The van der Waals surface area contributed by atoms with E-state index in [0.29, 0.717) is 12.0 Å². The Hall–Kier alpha value is -0.0800. The first-order chi connectivity index (χ1) is 6.52. The SMILES string of the molecule is CCOC1CC2(C(C)C)CCC1(C)O2. The lowest BCUT2D eigenvalue weighted by molar-refractivity contribution is -0.0915. The normalized spacial score (nSPS) is 46.5. The van der Waals surface area contributed by atoms with Gasteiger partial charge in [0.05, 0.1) is 17.3 Å². The van der Waals surface area contributed by atoms with E-state index in [1.807, 2.05) is 0 Å². The molecule has 0 aromatic carbocycles. The fourth-order valence-corrected chi connectivity index (χ4v) is 3.00. The molecule has 2 heterocycles. The predicted octanol–water partition coefficient (Wildman–Crippen LogP) is 2.76. The van der Waals surface area contributed by atoms with Crippen LogP contribution in [-0.4, -0.2) is 23.9 Å². The van der Waals surface area contributed by atoms with Gasteiger partial charge in [-0.1, -0.05) is 13.8 Å². The Kier molecular flexibility index (Phi) is 2.39. The van der Waals surface area contributed by atoms with Crippen molar-refractivity contribution in [2.45, 2.75) is 64.3 Å². The molecule has 0 N–H and O–H groups in total. The summed E-state index contributed by atoms with van der Waals surface area (Å²) in [5, 5.41) is 0. The number of hydrogen-bond donors (Lipinski definition) is 0. The molecule has 2 bridgehead atoms. The Labute approximate surface area is 87.0 Å². The fourth-order valence-electron chi connectivity index (χ4n) is 3.00. The monoisotopic (exact) mass is 198 g/mol. The highest BCUT2D eigenvalue weighted by Gasteiger charge is 2.60. The second-order valence-electron chi connectivity index (χ2n) is 5.28. The van der Waals surface area contributed by atoms with Crippen LogP contribution in [0, 0.1) is 5.92 Å². The first-order valence-electron chi connectivity index (χ1n) is 5.84. The van der Waals surface area contributed by atoms with E-state index in [2.05, 4.69) is 27.7 Å². The standard InChI is InChI=1S/C12H22O2/c1-5-13-10-8-12(9(2)3)7-6-11(10,4)14-12/h9-10H,5-8H2,1-4H3. The molecule has 82 valence electrons. The summed E-state index contributed by atoms with van der Waals surface area (Å²) in [6.45, 7) is 9.61. The molecule has 2 aliphatic rings. The average Bonchev–Trinajstić information content (AvgIpc) is 2.58. The largest absolute Gasteiger partial charge is 0.375 e. The van der Waals surface area contributed by atoms with Crippen LogP contribution in [0.4, 0.5) is 0 Å². The van der Waals surface area contributed by atoms with Crippen LogP contribution >= 0.6 is 0 Å². The molecule has 0 spiro atoms. The van der Waals surface area contributed by atoms with Gasteiger partial charge in [0.15, 0.2) is 0 Å². The van der Waals surface area contributed by atoms with Crippen molar-refractivity contribution in [3.63, 3.8) is 0 Å². The molecule has 2 nitrogen and oxygen atoms in total. The maximum Gasteiger partial charge on any atom is 0.0924 e. The first kappa shape index (κ1) is 10.4. The van der Waals surface area contributed by atoms with Gasteiger partial charge in [-0.25, -0.2) is 0 Å². The zero-order chi connectivity index (χ0) is 10.4. The van der Waals surface area contributed by atoms with Gasteiger partial charge in [-0.2, -0.15) is 0 Å². The summed E-state index contributed by atoms with van der Waals surface area (Å²) in [5.74, 6) is 0.606. The predicted molar refractivity (Wildman–Crippen MR) is 56.3 cm³/mol. The summed E-state index contributed by atoms with van der Waals surface area (Å²) in [5.41, 5.74) is 0.120. The van der Waals surface area contributed by atoms with Crippen molar-refractivity contribution in [2.24, 2.45) is 5.92 Å². The highest BCUT2D eigenvalue weighted by molar-refractivity contribution is 5.09. The summed E-state index contributed by atoms with van der Waals surface area (Å²) in [4.78, 5) is 0. The second-order valence-corrected chi connectivity index (χ2v) is 5.28. The number of ether oxygens (including phenoxy) is 2. The Morgan fingerprint density at radius 1 is 1.43 bits per heavy atom. The Bertz CT molecular complexity index is 226. The van der Waals surface area contributed by atoms with Gasteiger partial charge >= 0.3 is 0 Å². The van der Waals surface area contributed by atoms with E-state index in [9.17, 15) is 0 Å². The van der Waals surface area contributed by atoms with Gasteiger partial charge in [-0.05, 0) is 32.6 Å². The lowest BCUT2D eigenvalue weighted by Gasteiger charge is -2.31. The van der Waals surface area contributed by atoms with E-state index in [0.717, 1.165) is 19.4 Å². The maximum absolute atomic E-state index is 6.25. The highest BCUT2D eigenvalue weighted by Crippen LogP contribution is 2.54. The minimum atomic E-state index is 0.000278. The average molecular weight is 198 g/mol. The van der Waals surface area contributed by atoms with E-state index in [-0.39, 0.29) is 11.2 Å². The van der Waals surface area contributed by atoms with E-state index in [4.69, 9.17) is 9.47 Å².